The lowest BCUT2D eigenvalue weighted by molar-refractivity contribution is 1.08. The van der Waals surface area contributed by atoms with E-state index < -0.39 is 0 Å². The van der Waals surface area contributed by atoms with Gasteiger partial charge in [0.1, 0.15) is 0 Å². The van der Waals surface area contributed by atoms with Crippen LogP contribution in [-0.4, -0.2) is 9.97 Å². The van der Waals surface area contributed by atoms with Crippen LogP contribution in [0.25, 0.3) is 11.1 Å². The van der Waals surface area contributed by atoms with Gasteiger partial charge >= 0.3 is 5.69 Å². The van der Waals surface area contributed by atoms with Crippen LogP contribution < -0.4 is 11.4 Å². The van der Waals surface area contributed by atoms with E-state index in [1.807, 2.05) is 18.2 Å². The number of nitrogen functional groups attached to an aromatic ring is 1. The van der Waals surface area contributed by atoms with Gasteiger partial charge in [-0.1, -0.05) is 18.2 Å². The molecular weight excluding hydrogens is 178 g/mol. The summed E-state index contributed by atoms with van der Waals surface area (Å²) in [7, 11) is 0. The van der Waals surface area contributed by atoms with Crippen molar-refractivity contribution in [1.82, 2.24) is 9.97 Å². The van der Waals surface area contributed by atoms with Crippen molar-refractivity contribution in [2.45, 2.75) is 0 Å². The third kappa shape index (κ3) is 1.50. The van der Waals surface area contributed by atoms with E-state index in [9.17, 15) is 4.79 Å². The molecular formula is C10H9N3O. The average Bonchev–Trinajstić information content (AvgIpc) is 2.20. The van der Waals surface area contributed by atoms with Crippen LogP contribution in [0, 0.1) is 0 Å². The van der Waals surface area contributed by atoms with Crippen molar-refractivity contribution < 1.29 is 0 Å². The minimum absolute atomic E-state index is 0.358. The Hall–Kier alpha value is -2.10. The molecule has 0 bridgehead atoms. The zero-order chi connectivity index (χ0) is 9.97. The second kappa shape index (κ2) is 3.33. The highest BCUT2D eigenvalue weighted by atomic mass is 16.1. The maximum Gasteiger partial charge on any atom is 0.344 e. The zero-order valence-electron chi connectivity index (χ0n) is 7.40. The van der Waals surface area contributed by atoms with Gasteiger partial charge in [-0.2, -0.15) is 0 Å². The summed E-state index contributed by atoms with van der Waals surface area (Å²) in [6, 6.07) is 7.43. The highest BCUT2D eigenvalue weighted by molar-refractivity contribution is 5.74. The summed E-state index contributed by atoms with van der Waals surface area (Å²) in [5, 5.41) is 0. The molecule has 1 aromatic heterocycles. The van der Waals surface area contributed by atoms with Crippen molar-refractivity contribution in [2.24, 2.45) is 0 Å². The summed E-state index contributed by atoms with van der Waals surface area (Å²) in [6.45, 7) is 0. The lowest BCUT2D eigenvalue weighted by atomic mass is 10.1. The van der Waals surface area contributed by atoms with Gasteiger partial charge in [-0.3, -0.25) is 0 Å². The maximum absolute atomic E-state index is 10.7. The Morgan fingerprint density at radius 1 is 1.29 bits per heavy atom. The third-order valence-electron chi connectivity index (χ3n) is 1.94. The predicted molar refractivity (Wildman–Crippen MR) is 54.7 cm³/mol. The SMILES string of the molecule is Nc1ccccc1-c1cnc(=O)[nH]c1. The third-order valence-corrected chi connectivity index (χ3v) is 1.94. The number of rotatable bonds is 1. The maximum atomic E-state index is 10.7. The molecule has 0 atom stereocenters. The number of anilines is 1. The first-order valence-electron chi connectivity index (χ1n) is 4.17. The number of nitrogens with zero attached hydrogens (tertiary/aromatic N) is 1. The van der Waals surface area contributed by atoms with Gasteiger partial charge < -0.3 is 10.7 Å². The molecule has 0 fully saturated rings. The van der Waals surface area contributed by atoms with Crippen LogP contribution in [0.5, 0.6) is 0 Å². The Labute approximate surface area is 80.4 Å². The lowest BCUT2D eigenvalue weighted by Crippen LogP contribution is -2.08. The van der Waals surface area contributed by atoms with E-state index in [0.717, 1.165) is 11.1 Å². The van der Waals surface area contributed by atoms with Crippen molar-refractivity contribution >= 4 is 5.69 Å². The molecule has 0 aliphatic rings. The number of H-pyrrole nitrogens is 1. The summed E-state index contributed by atoms with van der Waals surface area (Å²) >= 11 is 0. The molecule has 0 amide bonds. The average molecular weight is 187 g/mol. The van der Waals surface area contributed by atoms with Gasteiger partial charge in [-0.25, -0.2) is 9.78 Å². The van der Waals surface area contributed by atoms with Crippen LogP contribution in [0.2, 0.25) is 0 Å². The van der Waals surface area contributed by atoms with Gasteiger partial charge in [0.25, 0.3) is 0 Å². The van der Waals surface area contributed by atoms with Crippen molar-refractivity contribution in [2.75, 3.05) is 5.73 Å². The summed E-state index contributed by atoms with van der Waals surface area (Å²) in [6.07, 6.45) is 3.10. The number of nitrogens with two attached hydrogens (primary N) is 1. The Bertz CT molecular complexity index is 484. The van der Waals surface area contributed by atoms with Gasteiger partial charge in [-0.15, -0.1) is 0 Å². The van der Waals surface area contributed by atoms with E-state index in [2.05, 4.69) is 9.97 Å². The molecule has 0 spiro atoms. The van der Waals surface area contributed by atoms with Gasteiger partial charge in [0, 0.05) is 29.2 Å². The number of para-hydroxylation sites is 1. The van der Waals surface area contributed by atoms with Crippen LogP contribution >= 0.6 is 0 Å². The Kier molecular flexibility index (Phi) is 2.02. The van der Waals surface area contributed by atoms with Gasteiger partial charge in [-0.05, 0) is 6.07 Å². The molecule has 0 saturated heterocycles. The van der Waals surface area contributed by atoms with Crippen molar-refractivity contribution in [3.63, 3.8) is 0 Å². The van der Waals surface area contributed by atoms with Crippen LogP contribution in [-0.2, 0) is 0 Å². The molecule has 1 aromatic carbocycles. The number of hydrogen-bond acceptors (Lipinski definition) is 3. The standard InChI is InChI=1S/C10H9N3O/c11-9-4-2-1-3-8(9)7-5-12-10(14)13-6-7/h1-6H,11H2,(H,12,13,14). The molecule has 0 unspecified atom stereocenters. The van der Waals surface area contributed by atoms with E-state index in [-0.39, 0.29) is 5.69 Å². The second-order valence-electron chi connectivity index (χ2n) is 2.89. The van der Waals surface area contributed by atoms with Gasteiger partial charge in [0.2, 0.25) is 0 Å². The lowest BCUT2D eigenvalue weighted by Gasteiger charge is -2.03. The molecule has 0 aliphatic carbocycles. The summed E-state index contributed by atoms with van der Waals surface area (Å²) in [5.74, 6) is 0. The molecule has 3 N–H and O–H groups in total. The Morgan fingerprint density at radius 2 is 2.07 bits per heavy atom. The van der Waals surface area contributed by atoms with Crippen molar-refractivity contribution in [1.29, 1.82) is 0 Å². The van der Waals surface area contributed by atoms with Crippen molar-refractivity contribution in [3.8, 4) is 11.1 Å². The fourth-order valence-electron chi connectivity index (χ4n) is 1.25. The molecule has 14 heavy (non-hydrogen) atoms. The van der Waals surface area contributed by atoms with Crippen LogP contribution in [0.15, 0.2) is 41.5 Å². The minimum Gasteiger partial charge on any atom is -0.398 e. The van der Waals surface area contributed by atoms with E-state index in [4.69, 9.17) is 5.73 Å². The highest BCUT2D eigenvalue weighted by Gasteiger charge is 2.00. The molecule has 70 valence electrons. The van der Waals surface area contributed by atoms with E-state index in [1.165, 1.54) is 6.20 Å². The number of aromatic amines is 1. The van der Waals surface area contributed by atoms with Crippen molar-refractivity contribution in [3.05, 3.63) is 47.1 Å². The quantitative estimate of drug-likeness (QED) is 0.654. The van der Waals surface area contributed by atoms with E-state index in [0.29, 0.717) is 5.69 Å². The van der Waals surface area contributed by atoms with E-state index >= 15 is 0 Å². The second-order valence-corrected chi connectivity index (χ2v) is 2.89. The van der Waals surface area contributed by atoms with Gasteiger partial charge in [0.05, 0.1) is 0 Å². The van der Waals surface area contributed by atoms with Crippen LogP contribution in [0.1, 0.15) is 0 Å². The molecule has 4 nitrogen and oxygen atoms in total. The number of nitrogens with one attached hydrogen (secondary N) is 1. The first-order chi connectivity index (χ1) is 6.77. The minimum atomic E-state index is -0.358. The topological polar surface area (TPSA) is 71.8 Å². The molecule has 0 aliphatic heterocycles. The largest absolute Gasteiger partial charge is 0.398 e. The number of aromatic nitrogens is 2. The van der Waals surface area contributed by atoms with E-state index in [1.54, 1.807) is 12.3 Å². The summed E-state index contributed by atoms with van der Waals surface area (Å²) < 4.78 is 0. The smallest absolute Gasteiger partial charge is 0.344 e. The molecule has 4 heteroatoms. The fraction of sp³-hybridized carbons (Fsp3) is 0. The fourth-order valence-corrected chi connectivity index (χ4v) is 1.25. The molecule has 1 heterocycles. The summed E-state index contributed by atoms with van der Waals surface area (Å²) in [5.41, 5.74) is 7.76. The molecule has 0 radical (unpaired) electrons. The Morgan fingerprint density at radius 3 is 2.71 bits per heavy atom. The highest BCUT2D eigenvalue weighted by Crippen LogP contribution is 2.22. The molecule has 2 rings (SSSR count). The zero-order valence-corrected chi connectivity index (χ0v) is 7.40. The number of hydrogen-bond donors (Lipinski definition) is 2. The first-order valence-corrected chi connectivity index (χ1v) is 4.17. The van der Waals surface area contributed by atoms with Gasteiger partial charge in [0.15, 0.2) is 0 Å². The normalized spacial score (nSPS) is 10.0. The summed E-state index contributed by atoms with van der Waals surface area (Å²) in [4.78, 5) is 16.9. The Balaban J connectivity index is 2.55. The van der Waals surface area contributed by atoms with Crippen LogP contribution in [0.4, 0.5) is 5.69 Å². The first kappa shape index (κ1) is 8.50. The monoisotopic (exact) mass is 187 g/mol. The van der Waals surface area contributed by atoms with Crippen LogP contribution in [0.3, 0.4) is 0 Å². The molecule has 0 saturated carbocycles. The number of benzene rings is 1. The molecule has 2 aromatic rings. The predicted octanol–water partition coefficient (Wildman–Crippen LogP) is 1.02.